The Morgan fingerprint density at radius 1 is 1.04 bits per heavy atom. The maximum absolute atomic E-state index is 11.2. The molecular weight excluding hydrogens is 300 g/mol. The van der Waals surface area contributed by atoms with E-state index in [0.29, 0.717) is 11.8 Å². The lowest BCUT2D eigenvalue weighted by molar-refractivity contribution is -0.143. The summed E-state index contributed by atoms with van der Waals surface area (Å²) in [5.74, 6) is 1.06. The van der Waals surface area contributed by atoms with E-state index >= 15 is 0 Å². The summed E-state index contributed by atoms with van der Waals surface area (Å²) < 4.78 is 0. The van der Waals surface area contributed by atoms with Crippen molar-refractivity contribution in [1.29, 1.82) is 0 Å². The monoisotopic (exact) mass is 334 g/mol. The fourth-order valence-electron chi connectivity index (χ4n) is 7.18. The lowest BCUT2D eigenvalue weighted by Gasteiger charge is -2.56. The smallest absolute Gasteiger partial charge is 0.0961 e. The molecule has 136 valence electrons. The normalized spacial score (nSPS) is 52.5. The van der Waals surface area contributed by atoms with Crippen molar-refractivity contribution in [2.75, 3.05) is 0 Å². The zero-order chi connectivity index (χ0) is 17.3. The van der Waals surface area contributed by atoms with Crippen molar-refractivity contribution in [3.8, 4) is 0 Å². The first-order chi connectivity index (χ1) is 11.2. The average molecular weight is 335 g/mol. The molecule has 0 heterocycles. The molecule has 0 radical (unpaired) electrons. The maximum Gasteiger partial charge on any atom is 0.0961 e. The lowest BCUT2D eigenvalue weighted by atomic mass is 9.50. The van der Waals surface area contributed by atoms with Gasteiger partial charge in [0.25, 0.3) is 0 Å². The van der Waals surface area contributed by atoms with Crippen LogP contribution >= 0.6 is 0 Å². The van der Waals surface area contributed by atoms with Gasteiger partial charge >= 0.3 is 0 Å². The van der Waals surface area contributed by atoms with Crippen LogP contribution in [0.1, 0.15) is 78.6 Å². The number of fused-ring (bicyclic) bond motifs is 4. The zero-order valence-electron chi connectivity index (χ0n) is 15.5. The van der Waals surface area contributed by atoms with Gasteiger partial charge in [0.2, 0.25) is 0 Å². The Kier molecular flexibility index (Phi) is 3.77. The molecule has 0 aromatic carbocycles. The molecule has 24 heavy (non-hydrogen) atoms. The van der Waals surface area contributed by atoms with Crippen molar-refractivity contribution in [2.45, 2.75) is 96.4 Å². The molecule has 0 saturated heterocycles. The quantitative estimate of drug-likeness (QED) is 0.643. The SMILES string of the molecule is CC(O)[C@@]1(O)CC[C@H]2C3=C(CC[C@@]21C)[C@@]1(C)CCC(O)CC1CC3. The van der Waals surface area contributed by atoms with E-state index in [0.717, 1.165) is 51.4 Å². The van der Waals surface area contributed by atoms with Crippen LogP contribution in [-0.4, -0.2) is 33.1 Å². The molecule has 0 aromatic rings. The van der Waals surface area contributed by atoms with Crippen LogP contribution in [-0.2, 0) is 0 Å². The van der Waals surface area contributed by atoms with Crippen LogP contribution in [0.4, 0.5) is 0 Å². The molecule has 4 aliphatic rings. The van der Waals surface area contributed by atoms with Gasteiger partial charge in [-0.2, -0.15) is 0 Å². The number of allylic oxidation sites excluding steroid dienone is 2. The van der Waals surface area contributed by atoms with Gasteiger partial charge in [0.05, 0.1) is 17.8 Å². The number of hydrogen-bond donors (Lipinski definition) is 3. The van der Waals surface area contributed by atoms with Crippen LogP contribution < -0.4 is 0 Å². The number of hydrogen-bond acceptors (Lipinski definition) is 3. The highest BCUT2D eigenvalue weighted by atomic mass is 16.3. The van der Waals surface area contributed by atoms with Crippen LogP contribution in [0.3, 0.4) is 0 Å². The summed E-state index contributed by atoms with van der Waals surface area (Å²) in [6.45, 7) is 6.43. The van der Waals surface area contributed by atoms with Gasteiger partial charge in [0.1, 0.15) is 0 Å². The van der Waals surface area contributed by atoms with Crippen LogP contribution in [0.25, 0.3) is 0 Å². The summed E-state index contributed by atoms with van der Waals surface area (Å²) in [5.41, 5.74) is 2.44. The minimum atomic E-state index is -0.934. The Morgan fingerprint density at radius 3 is 2.50 bits per heavy atom. The van der Waals surface area contributed by atoms with Crippen molar-refractivity contribution >= 4 is 0 Å². The summed E-state index contributed by atoms with van der Waals surface area (Å²) in [5, 5.41) is 31.6. The highest BCUT2D eigenvalue weighted by Gasteiger charge is 2.62. The minimum Gasteiger partial charge on any atom is -0.393 e. The second-order valence-corrected chi connectivity index (χ2v) is 9.69. The van der Waals surface area contributed by atoms with Crippen LogP contribution in [0, 0.1) is 22.7 Å². The average Bonchev–Trinajstić information content (AvgIpc) is 2.81. The van der Waals surface area contributed by atoms with E-state index in [1.807, 2.05) is 0 Å². The summed E-state index contributed by atoms with van der Waals surface area (Å²) in [6, 6.07) is 0. The molecule has 7 atom stereocenters. The van der Waals surface area contributed by atoms with Gasteiger partial charge < -0.3 is 15.3 Å². The Labute approximate surface area is 146 Å². The van der Waals surface area contributed by atoms with E-state index in [1.165, 1.54) is 6.42 Å². The van der Waals surface area contributed by atoms with Gasteiger partial charge in [-0.25, -0.2) is 0 Å². The first-order valence-corrected chi connectivity index (χ1v) is 10.0. The standard InChI is InChI=1S/C21H34O3/c1-13(22)21(24)11-8-18-16-5-4-14-12-15(23)6-9-19(14,2)17(16)7-10-20(18,21)3/h13-15,18,22-24H,4-12H2,1-3H3/t13?,14?,15?,18-,19-,20-,21-/m0/s1. The first kappa shape index (κ1) is 17.1. The van der Waals surface area contributed by atoms with Gasteiger partial charge in [0, 0.05) is 5.41 Å². The highest BCUT2D eigenvalue weighted by Crippen LogP contribution is 2.66. The second-order valence-electron chi connectivity index (χ2n) is 9.69. The molecule has 3 N–H and O–H groups in total. The predicted molar refractivity (Wildman–Crippen MR) is 94.4 cm³/mol. The fraction of sp³-hybridized carbons (Fsp3) is 0.905. The van der Waals surface area contributed by atoms with Crippen molar-refractivity contribution in [3.05, 3.63) is 11.1 Å². The lowest BCUT2D eigenvalue weighted by Crippen LogP contribution is -2.55. The van der Waals surface area contributed by atoms with E-state index in [2.05, 4.69) is 13.8 Å². The molecular formula is C21H34O3. The maximum atomic E-state index is 11.2. The summed E-state index contributed by atoms with van der Waals surface area (Å²) in [7, 11) is 0. The zero-order valence-corrected chi connectivity index (χ0v) is 15.5. The van der Waals surface area contributed by atoms with Gasteiger partial charge in [-0.05, 0) is 82.0 Å². The minimum absolute atomic E-state index is 0.106. The molecule has 0 aliphatic heterocycles. The third-order valence-electron chi connectivity index (χ3n) is 8.87. The largest absolute Gasteiger partial charge is 0.393 e. The molecule has 0 aromatic heterocycles. The molecule has 4 rings (SSSR count). The predicted octanol–water partition coefficient (Wildman–Crippen LogP) is 3.57. The second kappa shape index (κ2) is 5.31. The van der Waals surface area contributed by atoms with E-state index in [-0.39, 0.29) is 16.9 Å². The number of aliphatic hydroxyl groups is 3. The Hall–Kier alpha value is -0.380. The molecule has 3 nitrogen and oxygen atoms in total. The summed E-state index contributed by atoms with van der Waals surface area (Å²) in [6.07, 6.45) is 8.37. The summed E-state index contributed by atoms with van der Waals surface area (Å²) in [4.78, 5) is 0. The number of rotatable bonds is 1. The number of aliphatic hydroxyl groups excluding tert-OH is 2. The molecule has 4 aliphatic carbocycles. The Balaban J connectivity index is 1.73. The third-order valence-corrected chi connectivity index (χ3v) is 8.87. The molecule has 3 heteroatoms. The molecule has 2 fully saturated rings. The third kappa shape index (κ3) is 2.01. The topological polar surface area (TPSA) is 60.7 Å². The van der Waals surface area contributed by atoms with Gasteiger partial charge in [0.15, 0.2) is 0 Å². The molecule has 3 unspecified atom stereocenters. The van der Waals surface area contributed by atoms with E-state index in [4.69, 9.17) is 0 Å². The van der Waals surface area contributed by atoms with E-state index in [9.17, 15) is 15.3 Å². The van der Waals surface area contributed by atoms with E-state index < -0.39 is 11.7 Å². The van der Waals surface area contributed by atoms with Crippen molar-refractivity contribution in [2.24, 2.45) is 22.7 Å². The first-order valence-electron chi connectivity index (χ1n) is 10.0. The van der Waals surface area contributed by atoms with Crippen molar-refractivity contribution in [3.63, 3.8) is 0 Å². The van der Waals surface area contributed by atoms with Crippen LogP contribution in [0.15, 0.2) is 11.1 Å². The molecule has 2 saturated carbocycles. The Bertz CT molecular complexity index is 567. The molecule has 0 spiro atoms. The molecule has 0 amide bonds. The van der Waals surface area contributed by atoms with Crippen molar-refractivity contribution < 1.29 is 15.3 Å². The van der Waals surface area contributed by atoms with E-state index in [1.54, 1.807) is 18.1 Å². The van der Waals surface area contributed by atoms with Gasteiger partial charge in [-0.15, -0.1) is 0 Å². The van der Waals surface area contributed by atoms with Gasteiger partial charge in [-0.3, -0.25) is 0 Å². The fourth-order valence-corrected chi connectivity index (χ4v) is 7.18. The van der Waals surface area contributed by atoms with Gasteiger partial charge in [-0.1, -0.05) is 25.0 Å². The molecule has 0 bridgehead atoms. The van der Waals surface area contributed by atoms with Crippen LogP contribution in [0.2, 0.25) is 0 Å². The Morgan fingerprint density at radius 2 is 1.79 bits per heavy atom. The van der Waals surface area contributed by atoms with Crippen LogP contribution in [0.5, 0.6) is 0 Å². The summed E-state index contributed by atoms with van der Waals surface area (Å²) >= 11 is 0. The highest BCUT2D eigenvalue weighted by molar-refractivity contribution is 5.36. The van der Waals surface area contributed by atoms with Crippen molar-refractivity contribution in [1.82, 2.24) is 0 Å².